The van der Waals surface area contributed by atoms with Crippen molar-refractivity contribution in [1.82, 2.24) is 0 Å². The van der Waals surface area contributed by atoms with Gasteiger partial charge in [0, 0.05) is 0 Å². The maximum atomic E-state index is 8.79. The molecule has 0 heterocycles. The van der Waals surface area contributed by atoms with Gasteiger partial charge in [-0.1, -0.05) is 31.2 Å². The molecular weight excluding hydrogens is 136 g/mol. The van der Waals surface area contributed by atoms with Gasteiger partial charge in [0.1, 0.15) is 5.75 Å². The van der Waals surface area contributed by atoms with Gasteiger partial charge in [-0.2, -0.15) is 0 Å². The first-order valence-corrected chi connectivity index (χ1v) is 2.62. The van der Waals surface area contributed by atoms with E-state index in [4.69, 9.17) is 16.7 Å². The number of hydrogen-bond donors (Lipinski definition) is 1. The maximum Gasteiger partial charge on any atom is 0.134 e. The first-order chi connectivity index (χ1) is 3.80. The summed E-state index contributed by atoms with van der Waals surface area (Å²) in [4.78, 5) is 0. The molecule has 0 saturated carbocycles. The molecule has 0 spiro atoms. The zero-order valence-electron chi connectivity index (χ0n) is 4.13. The second-order valence-corrected chi connectivity index (χ2v) is 1.86. The molecular formula is C7H9ClO. The van der Waals surface area contributed by atoms with E-state index < -0.39 is 0 Å². The molecule has 1 rings (SSSR count). The Kier molecular flexibility index (Phi) is 3.10. The summed E-state index contributed by atoms with van der Waals surface area (Å²) < 4.78 is 0. The number of benzene rings is 1. The SMILES string of the molecule is C.Oc1ccccc1Cl. The first kappa shape index (κ1) is 8.31. The second kappa shape index (κ2) is 3.36. The number of rotatable bonds is 0. The van der Waals surface area contributed by atoms with E-state index in [0.717, 1.165) is 0 Å². The van der Waals surface area contributed by atoms with Crippen LogP contribution in [-0.4, -0.2) is 5.11 Å². The summed E-state index contributed by atoms with van der Waals surface area (Å²) in [7, 11) is 0. The van der Waals surface area contributed by atoms with Gasteiger partial charge in [-0.3, -0.25) is 0 Å². The van der Waals surface area contributed by atoms with Gasteiger partial charge in [0.05, 0.1) is 5.02 Å². The monoisotopic (exact) mass is 144 g/mol. The normalized spacial score (nSPS) is 8.11. The van der Waals surface area contributed by atoms with Crippen molar-refractivity contribution in [1.29, 1.82) is 0 Å². The van der Waals surface area contributed by atoms with Crippen LogP contribution in [0.2, 0.25) is 5.02 Å². The lowest BCUT2D eigenvalue weighted by atomic mass is 10.3. The maximum absolute atomic E-state index is 8.79. The Labute approximate surface area is 59.9 Å². The van der Waals surface area contributed by atoms with Crippen LogP contribution in [0, 0.1) is 0 Å². The van der Waals surface area contributed by atoms with E-state index >= 15 is 0 Å². The minimum Gasteiger partial charge on any atom is -0.506 e. The molecule has 1 aromatic carbocycles. The van der Waals surface area contributed by atoms with Crippen LogP contribution in [0.1, 0.15) is 7.43 Å². The molecule has 1 N–H and O–H groups in total. The zero-order valence-corrected chi connectivity index (χ0v) is 4.89. The highest BCUT2D eigenvalue weighted by atomic mass is 35.5. The van der Waals surface area contributed by atoms with E-state index in [0.29, 0.717) is 5.02 Å². The van der Waals surface area contributed by atoms with Gasteiger partial charge in [-0.05, 0) is 12.1 Å². The molecule has 0 bridgehead atoms. The number of halogens is 1. The summed E-state index contributed by atoms with van der Waals surface area (Å²) in [5, 5.41) is 9.18. The van der Waals surface area contributed by atoms with Crippen LogP contribution in [0.5, 0.6) is 5.75 Å². The standard InChI is InChI=1S/C6H5ClO.CH4/c7-5-3-1-2-4-6(5)8;/h1-4,8H;1H4. The van der Waals surface area contributed by atoms with Gasteiger partial charge >= 0.3 is 0 Å². The van der Waals surface area contributed by atoms with Crippen LogP contribution >= 0.6 is 11.6 Å². The second-order valence-electron chi connectivity index (χ2n) is 1.45. The first-order valence-electron chi connectivity index (χ1n) is 2.24. The van der Waals surface area contributed by atoms with Gasteiger partial charge in [-0.25, -0.2) is 0 Å². The lowest BCUT2D eigenvalue weighted by Crippen LogP contribution is -1.62. The van der Waals surface area contributed by atoms with E-state index in [2.05, 4.69) is 0 Å². The Bertz CT molecular complexity index is 165. The summed E-state index contributed by atoms with van der Waals surface area (Å²) in [5.41, 5.74) is 0. The van der Waals surface area contributed by atoms with Crippen molar-refractivity contribution in [3.8, 4) is 5.75 Å². The predicted octanol–water partition coefficient (Wildman–Crippen LogP) is 2.68. The minimum absolute atomic E-state index is 0. The Hall–Kier alpha value is -0.690. The average Bonchev–Trinajstić information content (AvgIpc) is 1.77. The Balaban J connectivity index is 0.000000640. The fourth-order valence-electron chi connectivity index (χ4n) is 0.452. The van der Waals surface area contributed by atoms with Crippen LogP contribution in [0.4, 0.5) is 0 Å². The van der Waals surface area contributed by atoms with Gasteiger partial charge < -0.3 is 5.11 Å². The van der Waals surface area contributed by atoms with Crippen molar-refractivity contribution in [3.63, 3.8) is 0 Å². The molecule has 0 aliphatic carbocycles. The smallest absolute Gasteiger partial charge is 0.134 e. The third-order valence-corrected chi connectivity index (χ3v) is 1.17. The molecule has 0 atom stereocenters. The molecule has 1 aromatic rings. The van der Waals surface area contributed by atoms with E-state index in [1.807, 2.05) is 0 Å². The van der Waals surface area contributed by atoms with Crippen molar-refractivity contribution >= 4 is 11.6 Å². The summed E-state index contributed by atoms with van der Waals surface area (Å²) in [5.74, 6) is 0.133. The van der Waals surface area contributed by atoms with E-state index in [1.54, 1.807) is 24.3 Å². The number of phenolic OH excluding ortho intramolecular Hbond substituents is 1. The lowest BCUT2D eigenvalue weighted by Gasteiger charge is -1.89. The molecule has 0 aromatic heterocycles. The van der Waals surface area contributed by atoms with E-state index in [-0.39, 0.29) is 13.2 Å². The van der Waals surface area contributed by atoms with Crippen molar-refractivity contribution in [2.24, 2.45) is 0 Å². The van der Waals surface area contributed by atoms with Crippen molar-refractivity contribution in [2.45, 2.75) is 7.43 Å². The third kappa shape index (κ3) is 1.94. The topological polar surface area (TPSA) is 20.2 Å². The summed E-state index contributed by atoms with van der Waals surface area (Å²) in [6.45, 7) is 0. The molecule has 0 aliphatic rings. The minimum atomic E-state index is 0. The Morgan fingerprint density at radius 2 is 1.78 bits per heavy atom. The van der Waals surface area contributed by atoms with Crippen LogP contribution < -0.4 is 0 Å². The third-order valence-electron chi connectivity index (χ3n) is 0.852. The van der Waals surface area contributed by atoms with Gasteiger partial charge in [0.25, 0.3) is 0 Å². The van der Waals surface area contributed by atoms with Crippen LogP contribution in [0.15, 0.2) is 24.3 Å². The van der Waals surface area contributed by atoms with Crippen LogP contribution in [0.3, 0.4) is 0 Å². The average molecular weight is 145 g/mol. The molecule has 0 amide bonds. The summed E-state index contributed by atoms with van der Waals surface area (Å²) >= 11 is 5.46. The Morgan fingerprint density at radius 3 is 2.11 bits per heavy atom. The highest BCUT2D eigenvalue weighted by molar-refractivity contribution is 6.31. The lowest BCUT2D eigenvalue weighted by molar-refractivity contribution is 0.475. The number of hydrogen-bond acceptors (Lipinski definition) is 1. The predicted molar refractivity (Wildman–Crippen MR) is 39.8 cm³/mol. The fourth-order valence-corrected chi connectivity index (χ4v) is 0.587. The Morgan fingerprint density at radius 1 is 1.22 bits per heavy atom. The van der Waals surface area contributed by atoms with Crippen molar-refractivity contribution in [2.75, 3.05) is 0 Å². The molecule has 50 valence electrons. The number of para-hydroxylation sites is 1. The zero-order chi connectivity index (χ0) is 5.98. The summed E-state index contributed by atoms with van der Waals surface area (Å²) in [6, 6.07) is 6.67. The van der Waals surface area contributed by atoms with Gasteiger partial charge in [-0.15, -0.1) is 0 Å². The van der Waals surface area contributed by atoms with Crippen LogP contribution in [0.25, 0.3) is 0 Å². The molecule has 1 nitrogen and oxygen atoms in total. The highest BCUT2D eigenvalue weighted by Gasteiger charge is 1.89. The number of aromatic hydroxyl groups is 1. The van der Waals surface area contributed by atoms with Gasteiger partial charge in [0.15, 0.2) is 0 Å². The molecule has 0 radical (unpaired) electrons. The molecule has 0 unspecified atom stereocenters. The summed E-state index contributed by atoms with van der Waals surface area (Å²) in [6.07, 6.45) is 0. The van der Waals surface area contributed by atoms with Crippen LogP contribution in [-0.2, 0) is 0 Å². The quantitative estimate of drug-likeness (QED) is 0.594. The fraction of sp³-hybridized carbons (Fsp3) is 0.143. The molecule has 0 aliphatic heterocycles. The van der Waals surface area contributed by atoms with E-state index in [1.165, 1.54) is 0 Å². The highest BCUT2D eigenvalue weighted by Crippen LogP contribution is 2.20. The molecule has 9 heavy (non-hydrogen) atoms. The van der Waals surface area contributed by atoms with Crippen molar-refractivity contribution < 1.29 is 5.11 Å². The van der Waals surface area contributed by atoms with E-state index in [9.17, 15) is 0 Å². The largest absolute Gasteiger partial charge is 0.506 e. The molecule has 0 saturated heterocycles. The molecule has 0 fully saturated rings. The van der Waals surface area contributed by atoms with Crippen molar-refractivity contribution in [3.05, 3.63) is 29.3 Å². The molecule has 2 heteroatoms. The van der Waals surface area contributed by atoms with Gasteiger partial charge in [0.2, 0.25) is 0 Å². The number of phenols is 1.